The number of carbonyl (C=O) groups excluding carboxylic acids is 1. The highest BCUT2D eigenvalue weighted by Crippen LogP contribution is 2.35. The number of nitrogens with zero attached hydrogens (tertiary/aromatic N) is 1. The van der Waals surface area contributed by atoms with E-state index in [1.165, 1.54) is 6.07 Å². The second-order valence-electron chi connectivity index (χ2n) is 7.78. The summed E-state index contributed by atoms with van der Waals surface area (Å²) in [5, 5.41) is 16.4. The zero-order valence-electron chi connectivity index (χ0n) is 16.1. The number of carbonyl (C=O) groups is 1. The van der Waals surface area contributed by atoms with Crippen molar-refractivity contribution >= 4 is 38.9 Å². The Morgan fingerprint density at radius 1 is 1.13 bits per heavy atom. The van der Waals surface area contributed by atoms with Gasteiger partial charge in [0.2, 0.25) is 5.91 Å². The number of rotatable bonds is 4. The fraction of sp³-hybridized carbons (Fsp3) is 0.381. The highest BCUT2D eigenvalue weighted by Gasteiger charge is 2.34. The molecule has 0 unspecified atom stereocenters. The Kier molecular flexibility index (Phi) is 5.67. The minimum atomic E-state index is -1.08. The fourth-order valence-electron chi connectivity index (χ4n) is 3.99. The summed E-state index contributed by atoms with van der Waals surface area (Å²) in [4.78, 5) is 13.4. The van der Waals surface area contributed by atoms with Crippen LogP contribution >= 0.6 is 15.9 Å². The third-order valence-electron chi connectivity index (χ3n) is 5.75. The largest absolute Gasteiger partial charge is 0.388 e. The molecular weight excluding hydrogens is 463 g/mol. The number of benzene rings is 2. The third kappa shape index (κ3) is 4.13. The lowest BCUT2D eigenvalue weighted by molar-refractivity contribution is -0.116. The molecule has 9 heteroatoms. The molecule has 0 saturated carbocycles. The van der Waals surface area contributed by atoms with Gasteiger partial charge in [-0.05, 0) is 37.5 Å². The van der Waals surface area contributed by atoms with Crippen LogP contribution in [-0.4, -0.2) is 36.2 Å². The van der Waals surface area contributed by atoms with Crippen LogP contribution in [0.4, 0.5) is 30.2 Å². The number of nitrogens with one attached hydrogen (secondary N) is 2. The Morgan fingerprint density at radius 3 is 2.57 bits per heavy atom. The predicted octanol–water partition coefficient (Wildman–Crippen LogP) is 4.19. The van der Waals surface area contributed by atoms with E-state index in [-0.39, 0.29) is 36.8 Å². The first-order valence-electron chi connectivity index (χ1n) is 9.73. The number of halogens is 4. The molecule has 2 aliphatic heterocycles. The van der Waals surface area contributed by atoms with Gasteiger partial charge in [0.1, 0.15) is 5.82 Å². The van der Waals surface area contributed by atoms with Gasteiger partial charge in [-0.2, -0.15) is 0 Å². The van der Waals surface area contributed by atoms with Gasteiger partial charge in [-0.15, -0.1) is 0 Å². The SMILES string of the molecule is O=C1CCc2c(NCC3(O)CCN(c4ccc(Br)cc4F)CC3)cc(F)c(F)c2N1. The van der Waals surface area contributed by atoms with Gasteiger partial charge >= 0.3 is 0 Å². The quantitative estimate of drug-likeness (QED) is 0.609. The van der Waals surface area contributed by atoms with Crippen LogP contribution in [0.15, 0.2) is 28.7 Å². The lowest BCUT2D eigenvalue weighted by Gasteiger charge is -2.39. The lowest BCUT2D eigenvalue weighted by atomic mass is 9.90. The van der Waals surface area contributed by atoms with E-state index in [0.717, 1.165) is 6.07 Å². The Labute approximate surface area is 180 Å². The molecule has 2 heterocycles. The third-order valence-corrected chi connectivity index (χ3v) is 6.24. The summed E-state index contributed by atoms with van der Waals surface area (Å²) in [7, 11) is 0. The van der Waals surface area contributed by atoms with Crippen molar-refractivity contribution in [3.8, 4) is 0 Å². The minimum absolute atomic E-state index is 0.134. The zero-order chi connectivity index (χ0) is 21.5. The summed E-state index contributed by atoms with van der Waals surface area (Å²) in [6, 6.07) is 5.93. The number of anilines is 3. The predicted molar refractivity (Wildman–Crippen MR) is 112 cm³/mol. The van der Waals surface area contributed by atoms with Crippen LogP contribution < -0.4 is 15.5 Å². The van der Waals surface area contributed by atoms with E-state index in [0.29, 0.717) is 47.3 Å². The number of hydrogen-bond acceptors (Lipinski definition) is 4. The van der Waals surface area contributed by atoms with Crippen LogP contribution in [0.2, 0.25) is 0 Å². The van der Waals surface area contributed by atoms with Crippen LogP contribution in [-0.2, 0) is 11.2 Å². The molecule has 0 aromatic heterocycles. The average Bonchev–Trinajstić information content (AvgIpc) is 2.71. The molecule has 1 amide bonds. The average molecular weight is 484 g/mol. The van der Waals surface area contributed by atoms with E-state index in [2.05, 4.69) is 26.6 Å². The van der Waals surface area contributed by atoms with Crippen LogP contribution in [0.5, 0.6) is 0 Å². The number of aliphatic hydroxyl groups is 1. The van der Waals surface area contributed by atoms with Gasteiger partial charge in [-0.1, -0.05) is 15.9 Å². The maximum atomic E-state index is 14.2. The molecular formula is C21H21BrF3N3O2. The number of hydrogen-bond donors (Lipinski definition) is 3. The normalized spacial score (nSPS) is 18.0. The molecule has 5 nitrogen and oxygen atoms in total. The summed E-state index contributed by atoms with van der Waals surface area (Å²) < 4.78 is 42.9. The molecule has 0 radical (unpaired) electrons. The van der Waals surface area contributed by atoms with E-state index in [1.54, 1.807) is 12.1 Å². The van der Waals surface area contributed by atoms with Crippen LogP contribution in [0.3, 0.4) is 0 Å². The van der Waals surface area contributed by atoms with E-state index >= 15 is 0 Å². The van der Waals surface area contributed by atoms with Gasteiger partial charge in [0.05, 0.1) is 17.0 Å². The van der Waals surface area contributed by atoms with E-state index in [4.69, 9.17) is 0 Å². The van der Waals surface area contributed by atoms with Crippen molar-refractivity contribution < 1.29 is 23.1 Å². The highest BCUT2D eigenvalue weighted by molar-refractivity contribution is 9.10. The van der Waals surface area contributed by atoms with Gasteiger partial charge in [0, 0.05) is 47.8 Å². The van der Waals surface area contributed by atoms with Gasteiger partial charge < -0.3 is 20.6 Å². The van der Waals surface area contributed by atoms with E-state index < -0.39 is 17.2 Å². The monoisotopic (exact) mass is 483 g/mol. The molecule has 3 N–H and O–H groups in total. The first-order valence-corrected chi connectivity index (χ1v) is 10.5. The second kappa shape index (κ2) is 8.11. The van der Waals surface area contributed by atoms with Crippen LogP contribution in [0.25, 0.3) is 0 Å². The summed E-state index contributed by atoms with van der Waals surface area (Å²) in [5.74, 6) is -2.83. The maximum Gasteiger partial charge on any atom is 0.224 e. The molecule has 0 aliphatic carbocycles. The van der Waals surface area contributed by atoms with Crippen molar-refractivity contribution in [3.63, 3.8) is 0 Å². The smallest absolute Gasteiger partial charge is 0.224 e. The summed E-state index contributed by atoms with van der Waals surface area (Å²) in [5.41, 5.74) is 0.128. The standard InChI is InChI=1S/C21H21BrF3N3O2/c22-12-1-3-17(14(23)9-12)28-7-5-21(30,6-8-28)11-26-16-10-15(24)19(25)20-13(16)2-4-18(29)27-20/h1,3,9-10,26,30H,2,4-8,11H2,(H,27,29). The Bertz CT molecular complexity index is 994. The van der Waals surface area contributed by atoms with Crippen molar-refractivity contribution in [2.24, 2.45) is 0 Å². The summed E-state index contributed by atoms with van der Waals surface area (Å²) in [6.45, 7) is 1.06. The fourth-order valence-corrected chi connectivity index (χ4v) is 4.32. The Hall–Kier alpha value is -2.26. The molecule has 0 atom stereocenters. The number of fused-ring (bicyclic) bond motifs is 1. The number of amides is 1. The number of piperidine rings is 1. The molecule has 0 bridgehead atoms. The van der Waals surface area contributed by atoms with Gasteiger partial charge in [-0.25, -0.2) is 13.2 Å². The molecule has 160 valence electrons. The van der Waals surface area contributed by atoms with Gasteiger partial charge in [-0.3, -0.25) is 4.79 Å². The van der Waals surface area contributed by atoms with Gasteiger partial charge in [0.15, 0.2) is 11.6 Å². The van der Waals surface area contributed by atoms with E-state index in [1.807, 2.05) is 4.90 Å². The van der Waals surface area contributed by atoms with Crippen molar-refractivity contribution in [3.05, 3.63) is 51.8 Å². The summed E-state index contributed by atoms with van der Waals surface area (Å²) in [6.07, 6.45) is 1.25. The first-order chi connectivity index (χ1) is 14.3. The Morgan fingerprint density at radius 2 is 1.87 bits per heavy atom. The van der Waals surface area contributed by atoms with Crippen molar-refractivity contribution in [2.45, 2.75) is 31.3 Å². The first kappa shape index (κ1) is 21.0. The second-order valence-corrected chi connectivity index (χ2v) is 8.70. The van der Waals surface area contributed by atoms with Crippen molar-refractivity contribution in [1.82, 2.24) is 0 Å². The van der Waals surface area contributed by atoms with Crippen molar-refractivity contribution in [1.29, 1.82) is 0 Å². The molecule has 2 aromatic carbocycles. The maximum absolute atomic E-state index is 14.2. The van der Waals surface area contributed by atoms with Crippen LogP contribution in [0, 0.1) is 17.5 Å². The molecule has 2 aliphatic rings. The molecule has 30 heavy (non-hydrogen) atoms. The molecule has 2 aromatic rings. The minimum Gasteiger partial charge on any atom is -0.388 e. The molecule has 1 saturated heterocycles. The zero-order valence-corrected chi connectivity index (χ0v) is 17.7. The highest BCUT2D eigenvalue weighted by atomic mass is 79.9. The van der Waals surface area contributed by atoms with E-state index in [9.17, 15) is 23.1 Å². The summed E-state index contributed by atoms with van der Waals surface area (Å²) >= 11 is 3.24. The molecule has 4 rings (SSSR count). The molecule has 0 spiro atoms. The van der Waals surface area contributed by atoms with Crippen LogP contribution in [0.1, 0.15) is 24.8 Å². The van der Waals surface area contributed by atoms with Gasteiger partial charge in [0.25, 0.3) is 0 Å². The topological polar surface area (TPSA) is 64.6 Å². The van der Waals surface area contributed by atoms with Crippen molar-refractivity contribution in [2.75, 3.05) is 35.2 Å². The lowest BCUT2D eigenvalue weighted by Crippen LogP contribution is -2.48. The Balaban J connectivity index is 1.44. The molecule has 1 fully saturated rings.